The fourth-order valence-corrected chi connectivity index (χ4v) is 3.69. The molecular formula is C23H27N5. The van der Waals surface area contributed by atoms with E-state index in [1.807, 2.05) is 37.5 Å². The summed E-state index contributed by atoms with van der Waals surface area (Å²) in [5.41, 5.74) is 5.18. The summed E-state index contributed by atoms with van der Waals surface area (Å²) in [6, 6.07) is 18.8. The number of nitrogens with zero attached hydrogens (tertiary/aromatic N) is 5. The van der Waals surface area contributed by atoms with Crippen molar-refractivity contribution in [3.05, 3.63) is 71.9 Å². The molecule has 2 heterocycles. The Morgan fingerprint density at radius 3 is 2.29 bits per heavy atom. The van der Waals surface area contributed by atoms with Crippen molar-refractivity contribution in [3.63, 3.8) is 0 Å². The van der Waals surface area contributed by atoms with Gasteiger partial charge in [-0.15, -0.1) is 0 Å². The summed E-state index contributed by atoms with van der Waals surface area (Å²) in [7, 11) is 2.04. The lowest BCUT2D eigenvalue weighted by Gasteiger charge is -2.37. The summed E-state index contributed by atoms with van der Waals surface area (Å²) >= 11 is 0. The molecule has 1 saturated heterocycles. The molecule has 0 unspecified atom stereocenters. The normalized spacial score (nSPS) is 14.2. The first-order valence-electron chi connectivity index (χ1n) is 9.81. The van der Waals surface area contributed by atoms with Gasteiger partial charge in [0.15, 0.2) is 0 Å². The molecule has 28 heavy (non-hydrogen) atoms. The highest BCUT2D eigenvalue weighted by Gasteiger charge is 2.21. The highest BCUT2D eigenvalue weighted by Crippen LogP contribution is 2.26. The first-order valence-corrected chi connectivity index (χ1v) is 9.81. The van der Waals surface area contributed by atoms with Crippen molar-refractivity contribution in [2.24, 2.45) is 0 Å². The minimum atomic E-state index is 0.806. The zero-order chi connectivity index (χ0) is 19.5. The molecule has 0 radical (unpaired) electrons. The van der Waals surface area contributed by atoms with Crippen LogP contribution in [0.2, 0.25) is 0 Å². The number of hydrogen-bond acceptors (Lipinski definition) is 5. The lowest BCUT2D eigenvalue weighted by molar-refractivity contribution is 0.639. The zero-order valence-electron chi connectivity index (χ0n) is 16.8. The van der Waals surface area contributed by atoms with Gasteiger partial charge in [-0.3, -0.25) is 0 Å². The molecule has 0 aliphatic carbocycles. The fraction of sp³-hybridized carbons (Fsp3) is 0.304. The van der Waals surface area contributed by atoms with Crippen LogP contribution < -0.4 is 14.7 Å². The van der Waals surface area contributed by atoms with E-state index in [1.54, 1.807) is 0 Å². The van der Waals surface area contributed by atoms with Gasteiger partial charge in [0.2, 0.25) is 5.95 Å². The van der Waals surface area contributed by atoms with Crippen LogP contribution in [0, 0.1) is 13.8 Å². The predicted molar refractivity (Wildman–Crippen MR) is 117 cm³/mol. The SMILES string of the molecule is Cc1cccc(N2CCN(c3nccc(N(C)c4ccccc4)n3)CC2)c1C. The van der Waals surface area contributed by atoms with E-state index in [9.17, 15) is 0 Å². The van der Waals surface area contributed by atoms with Crippen molar-refractivity contribution in [2.45, 2.75) is 13.8 Å². The maximum absolute atomic E-state index is 4.82. The molecule has 1 aliphatic rings. The highest BCUT2D eigenvalue weighted by atomic mass is 15.3. The van der Waals surface area contributed by atoms with Crippen LogP contribution in [-0.4, -0.2) is 43.2 Å². The van der Waals surface area contributed by atoms with Crippen molar-refractivity contribution in [1.29, 1.82) is 0 Å². The highest BCUT2D eigenvalue weighted by molar-refractivity contribution is 5.60. The van der Waals surface area contributed by atoms with Crippen molar-refractivity contribution in [3.8, 4) is 0 Å². The second-order valence-electron chi connectivity index (χ2n) is 7.30. The van der Waals surface area contributed by atoms with E-state index in [-0.39, 0.29) is 0 Å². The Hall–Kier alpha value is -3.08. The molecule has 0 spiro atoms. The number of piperazine rings is 1. The Bertz CT molecular complexity index is 933. The van der Waals surface area contributed by atoms with E-state index < -0.39 is 0 Å². The van der Waals surface area contributed by atoms with Crippen LogP contribution in [0.5, 0.6) is 0 Å². The van der Waals surface area contributed by atoms with Crippen LogP contribution in [-0.2, 0) is 0 Å². The molecule has 5 nitrogen and oxygen atoms in total. The summed E-state index contributed by atoms with van der Waals surface area (Å²) in [6.45, 7) is 8.19. The number of benzene rings is 2. The van der Waals surface area contributed by atoms with Gasteiger partial charge in [-0.2, -0.15) is 4.98 Å². The molecule has 3 aromatic rings. The van der Waals surface area contributed by atoms with Crippen LogP contribution in [0.4, 0.5) is 23.1 Å². The quantitative estimate of drug-likeness (QED) is 0.685. The van der Waals surface area contributed by atoms with E-state index in [0.717, 1.165) is 43.6 Å². The average molecular weight is 374 g/mol. The Morgan fingerprint density at radius 2 is 1.54 bits per heavy atom. The molecule has 1 fully saturated rings. The molecule has 1 aromatic heterocycles. The molecule has 0 N–H and O–H groups in total. The summed E-state index contributed by atoms with van der Waals surface area (Å²) in [5, 5.41) is 0. The number of aromatic nitrogens is 2. The molecule has 0 atom stereocenters. The number of aryl methyl sites for hydroxylation is 1. The van der Waals surface area contributed by atoms with Crippen LogP contribution in [0.1, 0.15) is 11.1 Å². The predicted octanol–water partition coefficient (Wildman–Crippen LogP) is 4.19. The maximum Gasteiger partial charge on any atom is 0.227 e. The molecule has 5 heteroatoms. The summed E-state index contributed by atoms with van der Waals surface area (Å²) < 4.78 is 0. The third-order valence-electron chi connectivity index (χ3n) is 5.59. The average Bonchev–Trinajstić information content (AvgIpc) is 2.76. The van der Waals surface area contributed by atoms with E-state index in [0.29, 0.717) is 0 Å². The first-order chi connectivity index (χ1) is 13.6. The number of para-hydroxylation sites is 1. The van der Waals surface area contributed by atoms with Crippen molar-refractivity contribution < 1.29 is 0 Å². The van der Waals surface area contributed by atoms with Gasteiger partial charge in [0.25, 0.3) is 0 Å². The third kappa shape index (κ3) is 3.65. The van der Waals surface area contributed by atoms with Gasteiger partial charge < -0.3 is 14.7 Å². The van der Waals surface area contributed by atoms with Crippen molar-refractivity contribution in [1.82, 2.24) is 9.97 Å². The Labute approximate surface area is 167 Å². The molecule has 4 rings (SSSR count). The monoisotopic (exact) mass is 373 g/mol. The standard InChI is InChI=1S/C23H27N5/c1-18-8-7-11-21(19(18)2)27-14-16-28(17-15-27)23-24-13-12-22(25-23)26(3)20-9-5-4-6-10-20/h4-13H,14-17H2,1-3H3. The Balaban J connectivity index is 1.47. The van der Waals surface area contributed by atoms with Gasteiger partial charge in [-0.1, -0.05) is 30.3 Å². The van der Waals surface area contributed by atoms with Crippen LogP contribution >= 0.6 is 0 Å². The van der Waals surface area contributed by atoms with Crippen LogP contribution in [0.25, 0.3) is 0 Å². The molecule has 0 amide bonds. The Morgan fingerprint density at radius 1 is 0.821 bits per heavy atom. The molecule has 1 aliphatic heterocycles. The van der Waals surface area contributed by atoms with E-state index >= 15 is 0 Å². The number of rotatable bonds is 4. The van der Waals surface area contributed by atoms with Crippen molar-refractivity contribution in [2.75, 3.05) is 47.9 Å². The summed E-state index contributed by atoms with van der Waals surface area (Å²) in [6.07, 6.45) is 1.86. The minimum absolute atomic E-state index is 0.806. The van der Waals surface area contributed by atoms with E-state index in [2.05, 4.69) is 63.9 Å². The number of anilines is 4. The molecule has 0 bridgehead atoms. The third-order valence-corrected chi connectivity index (χ3v) is 5.59. The van der Waals surface area contributed by atoms with Gasteiger partial charge in [0.05, 0.1) is 0 Å². The first kappa shape index (κ1) is 18.3. The maximum atomic E-state index is 4.82. The van der Waals surface area contributed by atoms with E-state index in [4.69, 9.17) is 4.98 Å². The van der Waals surface area contributed by atoms with Gasteiger partial charge in [0.1, 0.15) is 5.82 Å². The van der Waals surface area contributed by atoms with Gasteiger partial charge in [-0.25, -0.2) is 4.98 Å². The lowest BCUT2D eigenvalue weighted by atomic mass is 10.1. The van der Waals surface area contributed by atoms with Crippen molar-refractivity contribution >= 4 is 23.1 Å². The second-order valence-corrected chi connectivity index (χ2v) is 7.30. The smallest absolute Gasteiger partial charge is 0.227 e. The molecule has 2 aromatic carbocycles. The fourth-order valence-electron chi connectivity index (χ4n) is 3.69. The molecular weight excluding hydrogens is 346 g/mol. The van der Waals surface area contributed by atoms with Gasteiger partial charge in [0, 0.05) is 50.8 Å². The summed E-state index contributed by atoms with van der Waals surface area (Å²) in [5.74, 6) is 1.72. The van der Waals surface area contributed by atoms with Gasteiger partial charge >= 0.3 is 0 Å². The summed E-state index contributed by atoms with van der Waals surface area (Å²) in [4.78, 5) is 16.2. The van der Waals surface area contributed by atoms with Crippen LogP contribution in [0.3, 0.4) is 0 Å². The van der Waals surface area contributed by atoms with Crippen LogP contribution in [0.15, 0.2) is 60.8 Å². The molecule has 144 valence electrons. The number of hydrogen-bond donors (Lipinski definition) is 0. The Kier molecular flexibility index (Phi) is 5.15. The zero-order valence-corrected chi connectivity index (χ0v) is 16.8. The largest absolute Gasteiger partial charge is 0.368 e. The van der Waals surface area contributed by atoms with E-state index in [1.165, 1.54) is 16.8 Å². The van der Waals surface area contributed by atoms with Gasteiger partial charge in [-0.05, 0) is 49.2 Å². The second kappa shape index (κ2) is 7.89. The molecule has 0 saturated carbocycles. The lowest BCUT2D eigenvalue weighted by Crippen LogP contribution is -2.47. The topological polar surface area (TPSA) is 35.5 Å². The minimum Gasteiger partial charge on any atom is -0.368 e.